The summed E-state index contributed by atoms with van der Waals surface area (Å²) in [6.45, 7) is 6.46. The first-order valence-corrected chi connectivity index (χ1v) is 28.9. The second-order valence-electron chi connectivity index (χ2n) is 19.2. The van der Waals surface area contributed by atoms with E-state index in [9.17, 15) is 14.4 Å². The van der Waals surface area contributed by atoms with E-state index >= 15 is 0 Å². The number of unbranched alkanes of at least 4 members (excludes halogenated alkanes) is 30. The smallest absolute Gasteiger partial charge is 0.309 e. The van der Waals surface area contributed by atoms with Crippen LogP contribution in [0.4, 0.5) is 0 Å². The fourth-order valence-corrected chi connectivity index (χ4v) is 8.16. The van der Waals surface area contributed by atoms with Crippen molar-refractivity contribution in [3.8, 4) is 0 Å². The molecule has 6 heteroatoms. The number of hydrogen-bond acceptors (Lipinski definition) is 6. The Morgan fingerprint density at radius 2 is 0.632 bits per heavy atom. The van der Waals surface area contributed by atoms with Crippen LogP contribution >= 0.6 is 0 Å². The van der Waals surface area contributed by atoms with Crippen molar-refractivity contribution < 1.29 is 28.6 Å². The summed E-state index contributed by atoms with van der Waals surface area (Å²) in [6.07, 6.45) is 72.0. The normalized spacial score (nSPS) is 12.6. The van der Waals surface area contributed by atoms with E-state index in [1.165, 1.54) is 173 Å². The van der Waals surface area contributed by atoms with E-state index in [0.29, 0.717) is 12.8 Å². The zero-order chi connectivity index (χ0) is 49.3. The van der Waals surface area contributed by atoms with Crippen LogP contribution in [0, 0.1) is 0 Å². The first-order valence-electron chi connectivity index (χ1n) is 28.9. The Morgan fingerprint density at radius 1 is 0.324 bits per heavy atom. The lowest BCUT2D eigenvalue weighted by Gasteiger charge is -2.18. The Labute approximate surface area is 421 Å². The number of hydrogen-bond donors (Lipinski definition) is 0. The van der Waals surface area contributed by atoms with Gasteiger partial charge in [-0.2, -0.15) is 0 Å². The average molecular weight is 950 g/mol. The molecule has 0 amide bonds. The summed E-state index contributed by atoms with van der Waals surface area (Å²) < 4.78 is 16.8. The summed E-state index contributed by atoms with van der Waals surface area (Å²) in [5, 5.41) is 0. The maximum absolute atomic E-state index is 12.8. The van der Waals surface area contributed by atoms with Gasteiger partial charge in [-0.1, -0.05) is 267 Å². The monoisotopic (exact) mass is 949 g/mol. The molecular formula is C62H108O6. The molecule has 392 valence electrons. The molecule has 0 aromatic rings. The minimum atomic E-state index is -0.814. The van der Waals surface area contributed by atoms with E-state index in [1.807, 2.05) is 6.08 Å². The van der Waals surface area contributed by atoms with Gasteiger partial charge in [0.05, 0.1) is 6.42 Å². The molecule has 0 aliphatic carbocycles. The van der Waals surface area contributed by atoms with Gasteiger partial charge in [-0.05, 0) is 70.6 Å². The third-order valence-electron chi connectivity index (χ3n) is 12.5. The fourth-order valence-electron chi connectivity index (χ4n) is 8.16. The lowest BCUT2D eigenvalue weighted by atomic mass is 10.0. The summed E-state index contributed by atoms with van der Waals surface area (Å²) in [7, 11) is 0. The molecule has 0 aromatic heterocycles. The Balaban J connectivity index is 4.44. The lowest BCUT2D eigenvalue weighted by Crippen LogP contribution is -2.30. The summed E-state index contributed by atoms with van der Waals surface area (Å²) in [5.74, 6) is -1.03. The largest absolute Gasteiger partial charge is 0.462 e. The van der Waals surface area contributed by atoms with Crippen molar-refractivity contribution >= 4 is 17.9 Å². The number of ether oxygens (including phenoxy) is 3. The van der Waals surface area contributed by atoms with Crippen molar-refractivity contribution in [2.24, 2.45) is 0 Å². The topological polar surface area (TPSA) is 78.9 Å². The van der Waals surface area contributed by atoms with Crippen molar-refractivity contribution in [2.45, 2.75) is 290 Å². The molecule has 0 rings (SSSR count). The number of carbonyl (C=O) groups is 3. The van der Waals surface area contributed by atoms with E-state index in [1.54, 1.807) is 6.08 Å². The third-order valence-corrected chi connectivity index (χ3v) is 12.5. The Bertz CT molecular complexity index is 1270. The molecule has 0 aromatic carbocycles. The standard InChI is InChI=1S/C62H108O6/c1-4-7-10-13-16-19-22-25-28-30-31-32-35-37-40-43-46-49-52-55-61(64)67-58-59(57-66-60(63)54-51-48-45-42-39-36-33-27-24-21-18-15-12-9-6-3)68-62(65)56-53-50-47-44-41-38-34-29-26-23-20-17-14-11-8-5-2/h9,12,18,21,25,27-28,33,39,42,48,51,59H,4-8,10-11,13-17,19-20,22-24,26,29-32,34-38,40-41,43-47,49-50,52-58H2,1-3H3/b12-9-,21-18-,28-25-,33-27-,42-39-,51-48-. The van der Waals surface area contributed by atoms with Crippen LogP contribution in [-0.4, -0.2) is 37.2 Å². The molecule has 0 saturated carbocycles. The SMILES string of the molecule is CC/C=C\C/C=C\C/C=C\C/C=C\C/C=C\CC(=O)OCC(COC(=O)CCCCCCCCCCC/C=C\CCCCCCCC)OC(=O)CCCCCCCCCCCCCCCCCC. The first kappa shape index (κ1) is 64.8. The van der Waals surface area contributed by atoms with Gasteiger partial charge in [-0.15, -0.1) is 0 Å². The number of rotatable bonds is 52. The fraction of sp³-hybridized carbons (Fsp3) is 0.758. The van der Waals surface area contributed by atoms with E-state index in [0.717, 1.165) is 70.6 Å². The molecule has 68 heavy (non-hydrogen) atoms. The van der Waals surface area contributed by atoms with Gasteiger partial charge in [0.15, 0.2) is 6.10 Å². The van der Waals surface area contributed by atoms with Crippen LogP contribution in [0.25, 0.3) is 0 Å². The summed E-state index contributed by atoms with van der Waals surface area (Å²) in [6, 6.07) is 0. The maximum atomic E-state index is 12.8. The number of allylic oxidation sites excluding steroid dienone is 11. The van der Waals surface area contributed by atoms with Crippen LogP contribution in [0.5, 0.6) is 0 Å². The van der Waals surface area contributed by atoms with Crippen LogP contribution in [-0.2, 0) is 28.6 Å². The minimum Gasteiger partial charge on any atom is -0.462 e. The van der Waals surface area contributed by atoms with Gasteiger partial charge in [-0.3, -0.25) is 14.4 Å². The van der Waals surface area contributed by atoms with Crippen molar-refractivity contribution in [3.05, 3.63) is 72.9 Å². The molecule has 1 unspecified atom stereocenters. The highest BCUT2D eigenvalue weighted by Gasteiger charge is 2.19. The second-order valence-corrected chi connectivity index (χ2v) is 19.2. The number of esters is 3. The van der Waals surface area contributed by atoms with Gasteiger partial charge in [0, 0.05) is 12.8 Å². The molecular weight excluding hydrogens is 841 g/mol. The lowest BCUT2D eigenvalue weighted by molar-refractivity contribution is -0.166. The molecule has 0 N–H and O–H groups in total. The minimum absolute atomic E-state index is 0.104. The van der Waals surface area contributed by atoms with Crippen LogP contribution in [0.1, 0.15) is 284 Å². The molecule has 0 heterocycles. The highest BCUT2D eigenvalue weighted by atomic mass is 16.6. The van der Waals surface area contributed by atoms with Crippen molar-refractivity contribution in [3.63, 3.8) is 0 Å². The van der Waals surface area contributed by atoms with Gasteiger partial charge in [-0.25, -0.2) is 0 Å². The van der Waals surface area contributed by atoms with E-state index < -0.39 is 12.1 Å². The highest BCUT2D eigenvalue weighted by Crippen LogP contribution is 2.16. The highest BCUT2D eigenvalue weighted by molar-refractivity contribution is 5.72. The molecule has 0 radical (unpaired) electrons. The van der Waals surface area contributed by atoms with Gasteiger partial charge < -0.3 is 14.2 Å². The summed E-state index contributed by atoms with van der Waals surface area (Å²) in [4.78, 5) is 38.1. The quantitative estimate of drug-likeness (QED) is 0.0262. The van der Waals surface area contributed by atoms with Crippen LogP contribution in [0.2, 0.25) is 0 Å². The molecule has 0 spiro atoms. The van der Waals surface area contributed by atoms with Gasteiger partial charge in [0.1, 0.15) is 13.2 Å². The maximum Gasteiger partial charge on any atom is 0.309 e. The summed E-state index contributed by atoms with van der Waals surface area (Å²) in [5.41, 5.74) is 0. The van der Waals surface area contributed by atoms with E-state index in [2.05, 4.69) is 81.5 Å². The van der Waals surface area contributed by atoms with Gasteiger partial charge in [0.25, 0.3) is 0 Å². The molecule has 0 bridgehead atoms. The zero-order valence-electron chi connectivity index (χ0n) is 44.9. The summed E-state index contributed by atoms with van der Waals surface area (Å²) >= 11 is 0. The molecule has 0 saturated heterocycles. The Morgan fingerprint density at radius 3 is 1.01 bits per heavy atom. The second kappa shape index (κ2) is 56.4. The molecule has 0 aliphatic heterocycles. The molecule has 0 fully saturated rings. The molecule has 0 aliphatic rings. The van der Waals surface area contributed by atoms with Crippen molar-refractivity contribution in [1.82, 2.24) is 0 Å². The predicted octanol–water partition coefficient (Wildman–Crippen LogP) is 19.4. The third kappa shape index (κ3) is 53.8. The van der Waals surface area contributed by atoms with Gasteiger partial charge in [0.2, 0.25) is 0 Å². The zero-order valence-corrected chi connectivity index (χ0v) is 44.9. The predicted molar refractivity (Wildman–Crippen MR) is 293 cm³/mol. The average Bonchev–Trinajstić information content (AvgIpc) is 3.34. The Hall–Kier alpha value is -3.15. The van der Waals surface area contributed by atoms with Gasteiger partial charge >= 0.3 is 17.9 Å². The first-order chi connectivity index (χ1) is 33.5. The molecule has 1 atom stereocenters. The number of carbonyl (C=O) groups excluding carboxylic acids is 3. The van der Waals surface area contributed by atoms with E-state index in [4.69, 9.17) is 14.2 Å². The van der Waals surface area contributed by atoms with Crippen LogP contribution in [0.3, 0.4) is 0 Å². The van der Waals surface area contributed by atoms with E-state index in [-0.39, 0.29) is 31.6 Å². The molecule has 6 nitrogen and oxygen atoms in total. The van der Waals surface area contributed by atoms with Crippen molar-refractivity contribution in [2.75, 3.05) is 13.2 Å². The van der Waals surface area contributed by atoms with Crippen LogP contribution in [0.15, 0.2) is 72.9 Å². The van der Waals surface area contributed by atoms with Crippen LogP contribution < -0.4 is 0 Å². The van der Waals surface area contributed by atoms with Crippen molar-refractivity contribution in [1.29, 1.82) is 0 Å². The Kier molecular flexibility index (Phi) is 53.8.